The Morgan fingerprint density at radius 1 is 0.564 bits per heavy atom. The number of fused-ring (bicyclic) bond motifs is 3. The van der Waals surface area contributed by atoms with Crippen LogP contribution in [0.4, 0.5) is 0 Å². The SMILES string of the molecule is Cc1cc(Oc2[c-]c3c(cc2)c2ccccc2n3-c2cc(C)ccn2)[c-]c(-n2nc(-c3ccccc3)c(-c3c(C)cc(C)cc3C)c2-c2ccccc2)c1.[Pd+2]. The van der Waals surface area contributed by atoms with Gasteiger partial charge in [0, 0.05) is 39.9 Å². The van der Waals surface area contributed by atoms with Crippen LogP contribution in [-0.2, 0) is 20.4 Å². The molecule has 0 N–H and O–H groups in total. The maximum Gasteiger partial charge on any atom is 2.00 e. The largest absolute Gasteiger partial charge is 2.00 e. The maximum absolute atomic E-state index is 6.66. The van der Waals surface area contributed by atoms with E-state index in [1.807, 2.05) is 35.1 Å². The summed E-state index contributed by atoms with van der Waals surface area (Å²) in [6.45, 7) is 10.7. The number of aromatic nitrogens is 4. The van der Waals surface area contributed by atoms with Gasteiger partial charge in [-0.2, -0.15) is 16.7 Å². The van der Waals surface area contributed by atoms with Crippen molar-refractivity contribution in [2.24, 2.45) is 0 Å². The Labute approximate surface area is 335 Å². The van der Waals surface area contributed by atoms with Crippen LogP contribution < -0.4 is 4.74 Å². The number of hydrogen-bond donors (Lipinski definition) is 0. The van der Waals surface area contributed by atoms with Crippen LogP contribution in [0.2, 0.25) is 0 Å². The van der Waals surface area contributed by atoms with Crippen molar-refractivity contribution in [3.8, 4) is 56.6 Å². The number of pyridine rings is 1. The number of hydrogen-bond acceptors (Lipinski definition) is 3. The van der Waals surface area contributed by atoms with Gasteiger partial charge in [0.15, 0.2) is 0 Å². The van der Waals surface area contributed by atoms with Crippen molar-refractivity contribution < 1.29 is 25.2 Å². The van der Waals surface area contributed by atoms with Crippen LogP contribution in [0.15, 0.2) is 140 Å². The van der Waals surface area contributed by atoms with Gasteiger partial charge in [0.1, 0.15) is 11.5 Å². The van der Waals surface area contributed by atoms with Crippen molar-refractivity contribution in [2.75, 3.05) is 0 Å². The van der Waals surface area contributed by atoms with Gasteiger partial charge in [-0.1, -0.05) is 109 Å². The fraction of sp³-hybridized carbons (Fsp3) is 0.102. The molecule has 55 heavy (non-hydrogen) atoms. The van der Waals surface area contributed by atoms with Gasteiger partial charge in [0.2, 0.25) is 0 Å². The molecule has 270 valence electrons. The summed E-state index contributed by atoms with van der Waals surface area (Å²) in [4.78, 5) is 4.74. The molecule has 0 saturated carbocycles. The summed E-state index contributed by atoms with van der Waals surface area (Å²) in [7, 11) is 0. The van der Waals surface area contributed by atoms with E-state index >= 15 is 0 Å². The van der Waals surface area contributed by atoms with Crippen molar-refractivity contribution in [1.82, 2.24) is 19.3 Å². The molecule has 0 aliphatic rings. The van der Waals surface area contributed by atoms with E-state index in [-0.39, 0.29) is 20.4 Å². The molecule has 0 unspecified atom stereocenters. The number of ether oxygens (including phenoxy) is 1. The Kier molecular flexibility index (Phi) is 9.57. The van der Waals surface area contributed by atoms with E-state index in [1.54, 1.807) is 0 Å². The molecule has 0 saturated heterocycles. The van der Waals surface area contributed by atoms with Gasteiger partial charge in [0.25, 0.3) is 0 Å². The third-order valence-corrected chi connectivity index (χ3v) is 10.0. The molecule has 0 atom stereocenters. The predicted molar refractivity (Wildman–Crippen MR) is 220 cm³/mol. The number of para-hydroxylation sites is 1. The molecule has 3 heterocycles. The zero-order valence-electron chi connectivity index (χ0n) is 31.3. The van der Waals surface area contributed by atoms with Crippen LogP contribution in [0.3, 0.4) is 0 Å². The second-order valence-corrected chi connectivity index (χ2v) is 14.1. The molecule has 0 aliphatic heterocycles. The monoisotopic (exact) mass is 804 g/mol. The fourth-order valence-corrected chi connectivity index (χ4v) is 7.83. The number of benzene rings is 6. The zero-order valence-corrected chi connectivity index (χ0v) is 32.8. The van der Waals surface area contributed by atoms with Crippen LogP contribution in [0.5, 0.6) is 11.5 Å². The minimum Gasteiger partial charge on any atom is -0.509 e. The van der Waals surface area contributed by atoms with Gasteiger partial charge in [0.05, 0.1) is 5.69 Å². The van der Waals surface area contributed by atoms with E-state index in [0.29, 0.717) is 11.5 Å². The number of aryl methyl sites for hydroxylation is 5. The first kappa shape index (κ1) is 35.9. The standard InChI is InChI=1S/C49H38N4O.Pd/c1-31-22-23-50-45(28-31)52-43-19-13-12-18-41(43)42-21-20-39(30-44(42)52)54-40-27-33(3)26-38(29-40)53-49(37-16-10-7-11-17-37)47(46-34(4)24-32(2)25-35(46)5)48(51-53)36-14-8-6-9-15-36;/h6-28H,1-5H3;/q-2;+2. The molecule has 3 aromatic heterocycles. The van der Waals surface area contributed by atoms with Crippen molar-refractivity contribution >= 4 is 21.8 Å². The van der Waals surface area contributed by atoms with Crippen molar-refractivity contribution in [1.29, 1.82) is 0 Å². The van der Waals surface area contributed by atoms with Gasteiger partial charge in [-0.25, -0.2) is 4.98 Å². The van der Waals surface area contributed by atoms with E-state index in [0.717, 1.165) is 72.5 Å². The Balaban J connectivity index is 0.00000427. The maximum atomic E-state index is 6.66. The van der Waals surface area contributed by atoms with E-state index in [4.69, 9.17) is 14.8 Å². The molecule has 0 radical (unpaired) electrons. The Morgan fingerprint density at radius 2 is 1.24 bits per heavy atom. The number of nitrogens with zero attached hydrogens (tertiary/aromatic N) is 4. The number of rotatable bonds is 7. The smallest absolute Gasteiger partial charge is 0.509 e. The molecule has 0 spiro atoms. The van der Waals surface area contributed by atoms with Crippen LogP contribution in [-0.4, -0.2) is 19.3 Å². The molecule has 0 aliphatic carbocycles. The van der Waals surface area contributed by atoms with Crippen molar-refractivity contribution in [3.63, 3.8) is 0 Å². The summed E-state index contributed by atoms with van der Waals surface area (Å²) < 4.78 is 10.9. The van der Waals surface area contributed by atoms with Crippen LogP contribution in [0, 0.1) is 46.8 Å². The third-order valence-electron chi connectivity index (χ3n) is 10.0. The average molecular weight is 805 g/mol. The normalized spacial score (nSPS) is 11.2. The molecule has 0 amide bonds. The topological polar surface area (TPSA) is 44.9 Å². The molecule has 5 nitrogen and oxygen atoms in total. The Morgan fingerprint density at radius 3 is 1.96 bits per heavy atom. The molecule has 6 heteroatoms. The second kappa shape index (κ2) is 14.6. The van der Waals surface area contributed by atoms with E-state index in [1.165, 1.54) is 22.3 Å². The van der Waals surface area contributed by atoms with Gasteiger partial charge >= 0.3 is 20.4 Å². The molecule has 0 bridgehead atoms. The molecule has 0 fully saturated rings. The fourth-order valence-electron chi connectivity index (χ4n) is 7.83. The third kappa shape index (κ3) is 6.59. The van der Waals surface area contributed by atoms with Gasteiger partial charge < -0.3 is 9.30 Å². The van der Waals surface area contributed by atoms with E-state index < -0.39 is 0 Å². The van der Waals surface area contributed by atoms with E-state index in [9.17, 15) is 0 Å². The second-order valence-electron chi connectivity index (χ2n) is 14.1. The molecular formula is C49H38N4OPd. The van der Waals surface area contributed by atoms with Gasteiger partial charge in [-0.3, -0.25) is 4.68 Å². The predicted octanol–water partition coefficient (Wildman–Crippen LogP) is 12.3. The summed E-state index contributed by atoms with van der Waals surface area (Å²) in [5.74, 6) is 2.01. The Bertz CT molecular complexity index is 2830. The minimum atomic E-state index is 0. The van der Waals surface area contributed by atoms with Crippen molar-refractivity contribution in [3.05, 3.63) is 180 Å². The van der Waals surface area contributed by atoms with Gasteiger partial charge in [-0.05, 0) is 79.2 Å². The first-order valence-electron chi connectivity index (χ1n) is 18.2. The first-order valence-corrected chi connectivity index (χ1v) is 18.2. The Hall–Kier alpha value is -6.06. The van der Waals surface area contributed by atoms with Gasteiger partial charge in [-0.15, -0.1) is 35.7 Å². The summed E-state index contributed by atoms with van der Waals surface area (Å²) >= 11 is 0. The molecule has 9 rings (SSSR count). The summed E-state index contributed by atoms with van der Waals surface area (Å²) in [6, 6.07) is 53.4. The van der Waals surface area contributed by atoms with Crippen LogP contribution >= 0.6 is 0 Å². The zero-order chi connectivity index (χ0) is 36.9. The summed E-state index contributed by atoms with van der Waals surface area (Å²) in [6.07, 6.45) is 1.85. The first-order chi connectivity index (χ1) is 26.3. The molecule has 9 aromatic rings. The van der Waals surface area contributed by atoms with Crippen molar-refractivity contribution in [2.45, 2.75) is 34.6 Å². The summed E-state index contributed by atoms with van der Waals surface area (Å²) in [5.41, 5.74) is 14.9. The average Bonchev–Trinajstić information content (AvgIpc) is 3.71. The minimum absolute atomic E-state index is 0. The van der Waals surface area contributed by atoms with E-state index in [2.05, 4.69) is 161 Å². The van der Waals surface area contributed by atoms with Crippen LogP contribution in [0.25, 0.3) is 67.0 Å². The van der Waals surface area contributed by atoms with Crippen LogP contribution in [0.1, 0.15) is 27.8 Å². The molecular weight excluding hydrogens is 767 g/mol. The quantitative estimate of drug-likeness (QED) is 0.119. The summed E-state index contributed by atoms with van der Waals surface area (Å²) in [5, 5.41) is 7.65. The molecule has 6 aromatic carbocycles.